The van der Waals surface area contributed by atoms with E-state index in [9.17, 15) is 0 Å². The Morgan fingerprint density at radius 2 is 1.79 bits per heavy atom. The highest BCUT2D eigenvalue weighted by molar-refractivity contribution is 9.10. The van der Waals surface area contributed by atoms with Crippen LogP contribution in [0.1, 0.15) is 12.5 Å². The molecule has 0 aliphatic carbocycles. The molecule has 0 aliphatic rings. The maximum absolute atomic E-state index is 5.27. The summed E-state index contributed by atoms with van der Waals surface area (Å²) in [6.45, 7) is 1.90. The smallest absolute Gasteiger partial charge is 0.191 e. The van der Waals surface area contributed by atoms with E-state index in [1.807, 2.05) is 49.4 Å². The van der Waals surface area contributed by atoms with Crippen LogP contribution in [0.5, 0.6) is 11.5 Å². The van der Waals surface area contributed by atoms with Gasteiger partial charge in [-0.05, 0) is 71.0 Å². The summed E-state index contributed by atoms with van der Waals surface area (Å²) in [6.07, 6.45) is 0. The molecule has 2 aromatic rings. The normalized spacial score (nSPS) is 10.9. The third-order valence-electron chi connectivity index (χ3n) is 3.25. The molecule has 7 heteroatoms. The molecule has 5 nitrogen and oxygen atoms in total. The van der Waals surface area contributed by atoms with Crippen molar-refractivity contribution in [1.82, 2.24) is 5.43 Å². The topological polar surface area (TPSA) is 54.9 Å². The molecule has 126 valence electrons. The van der Waals surface area contributed by atoms with Crippen LogP contribution in [-0.2, 0) is 0 Å². The molecule has 2 rings (SSSR count). The van der Waals surface area contributed by atoms with E-state index < -0.39 is 0 Å². The molecule has 0 saturated carbocycles. The number of nitrogens with one attached hydrogen (secondary N) is 2. The summed E-state index contributed by atoms with van der Waals surface area (Å²) >= 11 is 8.73. The fraction of sp³-hybridized carbons (Fsp3) is 0.176. The van der Waals surface area contributed by atoms with Crippen LogP contribution >= 0.6 is 28.1 Å². The molecule has 0 heterocycles. The molecule has 0 amide bonds. The lowest BCUT2D eigenvalue weighted by atomic mass is 10.1. The largest absolute Gasteiger partial charge is 0.496 e. The summed E-state index contributed by atoms with van der Waals surface area (Å²) in [5.41, 5.74) is 5.36. The summed E-state index contributed by atoms with van der Waals surface area (Å²) in [7, 11) is 3.24. The third kappa shape index (κ3) is 4.69. The van der Waals surface area contributed by atoms with E-state index in [1.165, 1.54) is 0 Å². The predicted octanol–water partition coefficient (Wildman–Crippen LogP) is 4.18. The standard InChI is InChI=1S/C17H18BrN3O2S/c1-11(12-8-9-15(22-2)13(18)10-12)20-21-17(24)19-14-6-4-5-7-16(14)23-3/h4-10H,1-3H3,(H2,19,21,24)/b20-11-. The predicted molar refractivity (Wildman–Crippen MR) is 105 cm³/mol. The molecular formula is C17H18BrN3O2S. The summed E-state index contributed by atoms with van der Waals surface area (Å²) in [4.78, 5) is 0. The number of halogens is 1. The maximum Gasteiger partial charge on any atom is 0.191 e. The van der Waals surface area contributed by atoms with Crippen LogP contribution in [0, 0.1) is 0 Å². The average Bonchev–Trinajstić information content (AvgIpc) is 2.60. The zero-order valence-electron chi connectivity index (χ0n) is 13.6. The monoisotopic (exact) mass is 407 g/mol. The van der Waals surface area contributed by atoms with E-state index in [0.717, 1.165) is 27.2 Å². The van der Waals surface area contributed by atoms with Crippen molar-refractivity contribution in [2.45, 2.75) is 6.92 Å². The van der Waals surface area contributed by atoms with Crippen molar-refractivity contribution in [3.8, 4) is 11.5 Å². The van der Waals surface area contributed by atoms with Gasteiger partial charge in [-0.2, -0.15) is 5.10 Å². The van der Waals surface area contributed by atoms with E-state index in [2.05, 4.69) is 31.8 Å². The van der Waals surface area contributed by atoms with Crippen molar-refractivity contribution in [1.29, 1.82) is 0 Å². The first-order valence-electron chi connectivity index (χ1n) is 7.13. The number of benzene rings is 2. The molecule has 2 N–H and O–H groups in total. The van der Waals surface area contributed by atoms with Crippen molar-refractivity contribution in [2.24, 2.45) is 5.10 Å². The van der Waals surface area contributed by atoms with E-state index >= 15 is 0 Å². The van der Waals surface area contributed by atoms with Crippen LogP contribution in [-0.4, -0.2) is 25.0 Å². The highest BCUT2D eigenvalue weighted by Gasteiger charge is 2.05. The summed E-state index contributed by atoms with van der Waals surface area (Å²) in [5.74, 6) is 1.48. The maximum atomic E-state index is 5.27. The molecule has 0 radical (unpaired) electrons. The average molecular weight is 408 g/mol. The van der Waals surface area contributed by atoms with Gasteiger partial charge in [0.25, 0.3) is 0 Å². The number of ether oxygens (including phenoxy) is 2. The minimum atomic E-state index is 0.381. The molecule has 0 spiro atoms. The number of para-hydroxylation sites is 2. The zero-order valence-corrected chi connectivity index (χ0v) is 16.0. The molecule has 2 aromatic carbocycles. The Kier molecular flexibility index (Phi) is 6.57. The number of thiocarbonyl (C=S) groups is 1. The number of hydrazone groups is 1. The van der Waals surface area contributed by atoms with Crippen molar-refractivity contribution in [3.63, 3.8) is 0 Å². The lowest BCUT2D eigenvalue weighted by molar-refractivity contribution is 0.412. The second-order valence-electron chi connectivity index (χ2n) is 4.81. The van der Waals surface area contributed by atoms with Gasteiger partial charge in [0, 0.05) is 0 Å². The molecule has 0 atom stereocenters. The molecule has 0 saturated heterocycles. The fourth-order valence-electron chi connectivity index (χ4n) is 1.99. The number of hydrogen-bond acceptors (Lipinski definition) is 4. The molecule has 24 heavy (non-hydrogen) atoms. The first kappa shape index (κ1) is 18.2. The minimum absolute atomic E-state index is 0.381. The first-order chi connectivity index (χ1) is 11.5. The highest BCUT2D eigenvalue weighted by atomic mass is 79.9. The van der Waals surface area contributed by atoms with Crippen LogP contribution in [0.3, 0.4) is 0 Å². The fourth-order valence-corrected chi connectivity index (χ4v) is 2.69. The number of rotatable bonds is 5. The van der Waals surface area contributed by atoms with Gasteiger partial charge in [0.2, 0.25) is 0 Å². The molecule has 0 aromatic heterocycles. The second-order valence-corrected chi connectivity index (χ2v) is 6.08. The molecule has 0 bridgehead atoms. The Morgan fingerprint density at radius 3 is 2.46 bits per heavy atom. The molecule has 0 fully saturated rings. The Morgan fingerprint density at radius 1 is 1.08 bits per heavy atom. The van der Waals surface area contributed by atoms with Crippen molar-refractivity contribution in [2.75, 3.05) is 19.5 Å². The molecule has 0 aliphatic heterocycles. The van der Waals surface area contributed by atoms with Gasteiger partial charge in [0.05, 0.1) is 30.1 Å². The Balaban J connectivity index is 2.04. The van der Waals surface area contributed by atoms with Crippen molar-refractivity contribution in [3.05, 3.63) is 52.5 Å². The SMILES string of the molecule is COc1ccc(/C(C)=N\NC(=S)Nc2ccccc2OC)cc1Br. The van der Waals surface area contributed by atoms with Gasteiger partial charge < -0.3 is 14.8 Å². The lowest BCUT2D eigenvalue weighted by Crippen LogP contribution is -2.25. The van der Waals surface area contributed by atoms with Gasteiger partial charge in [-0.3, -0.25) is 5.43 Å². The van der Waals surface area contributed by atoms with Gasteiger partial charge in [-0.25, -0.2) is 0 Å². The Bertz CT molecular complexity index is 765. The van der Waals surface area contributed by atoms with Gasteiger partial charge in [0.1, 0.15) is 11.5 Å². The van der Waals surface area contributed by atoms with Crippen molar-refractivity contribution < 1.29 is 9.47 Å². The lowest BCUT2D eigenvalue weighted by Gasteiger charge is -2.11. The van der Waals surface area contributed by atoms with E-state index in [-0.39, 0.29) is 0 Å². The van der Waals surface area contributed by atoms with Crippen molar-refractivity contribution >= 4 is 44.7 Å². The van der Waals surface area contributed by atoms with Gasteiger partial charge in [-0.15, -0.1) is 0 Å². The third-order valence-corrected chi connectivity index (χ3v) is 4.06. The van der Waals surface area contributed by atoms with E-state index in [1.54, 1.807) is 14.2 Å². The summed E-state index contributed by atoms with van der Waals surface area (Å²) in [5, 5.41) is 7.74. The zero-order chi connectivity index (χ0) is 17.5. The van der Waals surface area contributed by atoms with Crippen LogP contribution in [0.25, 0.3) is 0 Å². The van der Waals surface area contributed by atoms with Crippen LogP contribution in [0.2, 0.25) is 0 Å². The summed E-state index contributed by atoms with van der Waals surface area (Å²) < 4.78 is 11.4. The molecular weight excluding hydrogens is 390 g/mol. The minimum Gasteiger partial charge on any atom is -0.496 e. The molecule has 0 unspecified atom stereocenters. The summed E-state index contributed by atoms with van der Waals surface area (Å²) in [6, 6.07) is 13.3. The quantitative estimate of drug-likeness (QED) is 0.442. The Labute approximate surface area is 155 Å². The van der Waals surface area contributed by atoms with Gasteiger partial charge in [-0.1, -0.05) is 12.1 Å². The van der Waals surface area contributed by atoms with Crippen LogP contribution < -0.4 is 20.2 Å². The van der Waals surface area contributed by atoms with Gasteiger partial charge in [0.15, 0.2) is 5.11 Å². The second kappa shape index (κ2) is 8.65. The van der Waals surface area contributed by atoms with Gasteiger partial charge >= 0.3 is 0 Å². The highest BCUT2D eigenvalue weighted by Crippen LogP contribution is 2.26. The number of methoxy groups -OCH3 is 2. The number of anilines is 1. The van der Waals surface area contributed by atoms with Crippen LogP contribution in [0.4, 0.5) is 5.69 Å². The Hall–Kier alpha value is -2.12. The van der Waals surface area contributed by atoms with Crippen LogP contribution in [0.15, 0.2) is 52.0 Å². The van der Waals surface area contributed by atoms with E-state index in [4.69, 9.17) is 21.7 Å². The first-order valence-corrected chi connectivity index (χ1v) is 8.33. The van der Waals surface area contributed by atoms with E-state index in [0.29, 0.717) is 10.9 Å². The number of nitrogens with zero attached hydrogens (tertiary/aromatic N) is 1. The number of hydrogen-bond donors (Lipinski definition) is 2.